The molecule has 0 radical (unpaired) electrons. The summed E-state index contributed by atoms with van der Waals surface area (Å²) in [6.45, 7) is 6.64. The van der Waals surface area contributed by atoms with Gasteiger partial charge in [-0.3, -0.25) is 14.9 Å². The molecule has 7 nitrogen and oxygen atoms in total. The number of imide groups is 2. The van der Waals surface area contributed by atoms with Crippen LogP contribution in [0.1, 0.15) is 26.3 Å². The number of carbonyl (C=O) groups is 3. The Kier molecular flexibility index (Phi) is 7.43. The van der Waals surface area contributed by atoms with E-state index in [0.717, 1.165) is 4.90 Å². The van der Waals surface area contributed by atoms with Crippen LogP contribution < -0.4 is 19.7 Å². The summed E-state index contributed by atoms with van der Waals surface area (Å²) in [6, 6.07) is 8.59. The minimum absolute atomic E-state index is 0.217. The summed E-state index contributed by atoms with van der Waals surface area (Å²) in [6.07, 6.45) is 1.32. The summed E-state index contributed by atoms with van der Waals surface area (Å²) in [5.41, 5.74) is 0.378. The number of hydrogen-bond donors (Lipinski definition) is 1. The lowest BCUT2D eigenvalue weighted by molar-refractivity contribution is -0.122. The van der Waals surface area contributed by atoms with Crippen molar-refractivity contribution in [1.29, 1.82) is 0 Å². The van der Waals surface area contributed by atoms with Gasteiger partial charge in [0.1, 0.15) is 17.1 Å². The standard InChI is InChI=1S/C23H22Cl2N2O5/c1-4-31-17-7-5-16(6-8-17)27-22(29)18(21(28)26-23(27)30)10-14-9-15(24)11-19(25)20(14)32-12-13(2)3/h5-11,13H,4,12H2,1-3H3,(H,26,28,30)/b18-10+. The topological polar surface area (TPSA) is 84.9 Å². The Bertz CT molecular complexity index is 1080. The zero-order chi connectivity index (χ0) is 23.4. The number of ether oxygens (including phenoxy) is 2. The first kappa shape index (κ1) is 23.6. The molecule has 0 spiro atoms. The highest BCUT2D eigenvalue weighted by molar-refractivity contribution is 6.40. The van der Waals surface area contributed by atoms with E-state index in [1.165, 1.54) is 18.2 Å². The van der Waals surface area contributed by atoms with Gasteiger partial charge in [-0.15, -0.1) is 0 Å². The second-order valence-corrected chi connectivity index (χ2v) is 8.24. The van der Waals surface area contributed by atoms with E-state index in [-0.39, 0.29) is 22.2 Å². The molecule has 3 rings (SSSR count). The molecule has 1 saturated heterocycles. The molecule has 0 unspecified atom stereocenters. The van der Waals surface area contributed by atoms with Gasteiger partial charge in [0.25, 0.3) is 11.8 Å². The minimum atomic E-state index is -0.846. The van der Waals surface area contributed by atoms with Gasteiger partial charge >= 0.3 is 6.03 Å². The summed E-state index contributed by atoms with van der Waals surface area (Å²) in [4.78, 5) is 39.0. The number of hydrogen-bond acceptors (Lipinski definition) is 5. The lowest BCUT2D eigenvalue weighted by atomic mass is 10.1. The third-order valence-corrected chi connectivity index (χ3v) is 4.90. The van der Waals surface area contributed by atoms with E-state index in [4.69, 9.17) is 32.7 Å². The average Bonchev–Trinajstić information content (AvgIpc) is 2.71. The number of benzene rings is 2. The van der Waals surface area contributed by atoms with Gasteiger partial charge in [-0.2, -0.15) is 0 Å². The molecule has 0 aromatic heterocycles. The summed E-state index contributed by atoms with van der Waals surface area (Å²) in [5.74, 6) is -0.507. The molecule has 2 aromatic rings. The van der Waals surface area contributed by atoms with Crippen molar-refractivity contribution in [1.82, 2.24) is 5.32 Å². The second-order valence-electron chi connectivity index (χ2n) is 7.40. The molecule has 1 heterocycles. The van der Waals surface area contributed by atoms with Crippen LogP contribution in [-0.4, -0.2) is 31.1 Å². The van der Waals surface area contributed by atoms with E-state index in [1.807, 2.05) is 20.8 Å². The van der Waals surface area contributed by atoms with E-state index >= 15 is 0 Å². The number of barbiturate groups is 1. The molecule has 1 N–H and O–H groups in total. The number of amides is 4. The van der Waals surface area contributed by atoms with Crippen molar-refractivity contribution in [3.63, 3.8) is 0 Å². The molecule has 9 heteroatoms. The van der Waals surface area contributed by atoms with Gasteiger partial charge in [0.15, 0.2) is 0 Å². The minimum Gasteiger partial charge on any atom is -0.494 e. The van der Waals surface area contributed by atoms with Crippen molar-refractivity contribution in [3.8, 4) is 11.5 Å². The predicted molar refractivity (Wildman–Crippen MR) is 123 cm³/mol. The maximum Gasteiger partial charge on any atom is 0.335 e. The van der Waals surface area contributed by atoms with Crippen LogP contribution in [0.3, 0.4) is 0 Å². The highest BCUT2D eigenvalue weighted by Gasteiger charge is 2.37. The smallest absolute Gasteiger partial charge is 0.335 e. The van der Waals surface area contributed by atoms with Gasteiger partial charge in [0.2, 0.25) is 0 Å². The third-order valence-electron chi connectivity index (χ3n) is 4.41. The van der Waals surface area contributed by atoms with E-state index in [9.17, 15) is 14.4 Å². The van der Waals surface area contributed by atoms with Crippen molar-refractivity contribution < 1.29 is 23.9 Å². The van der Waals surface area contributed by atoms with Crippen molar-refractivity contribution in [2.45, 2.75) is 20.8 Å². The van der Waals surface area contributed by atoms with Crippen LogP contribution in [0.2, 0.25) is 10.0 Å². The van der Waals surface area contributed by atoms with Crippen LogP contribution in [0.25, 0.3) is 6.08 Å². The highest BCUT2D eigenvalue weighted by atomic mass is 35.5. The normalized spacial score (nSPS) is 15.4. The summed E-state index contributed by atoms with van der Waals surface area (Å²) >= 11 is 12.4. The van der Waals surface area contributed by atoms with E-state index in [2.05, 4.69) is 5.32 Å². The van der Waals surface area contributed by atoms with Crippen molar-refractivity contribution in [3.05, 3.63) is 57.6 Å². The first-order valence-electron chi connectivity index (χ1n) is 9.97. The number of nitrogens with one attached hydrogen (secondary N) is 1. The van der Waals surface area contributed by atoms with E-state index in [0.29, 0.717) is 35.3 Å². The largest absolute Gasteiger partial charge is 0.494 e. The zero-order valence-electron chi connectivity index (χ0n) is 17.8. The summed E-state index contributed by atoms with van der Waals surface area (Å²) in [5, 5.41) is 2.74. The van der Waals surface area contributed by atoms with Crippen LogP contribution in [0.4, 0.5) is 10.5 Å². The van der Waals surface area contributed by atoms with E-state index in [1.54, 1.807) is 24.3 Å². The third kappa shape index (κ3) is 5.23. The number of nitrogens with zero attached hydrogens (tertiary/aromatic N) is 1. The number of halogens is 2. The first-order chi connectivity index (χ1) is 15.2. The molecule has 1 fully saturated rings. The monoisotopic (exact) mass is 476 g/mol. The predicted octanol–water partition coefficient (Wildman–Crippen LogP) is 5.09. The van der Waals surface area contributed by atoms with E-state index < -0.39 is 17.8 Å². The molecule has 0 bridgehead atoms. The van der Waals surface area contributed by atoms with Crippen LogP contribution in [0.5, 0.6) is 11.5 Å². The molecular formula is C23H22Cl2N2O5. The molecule has 0 atom stereocenters. The molecule has 32 heavy (non-hydrogen) atoms. The Labute approximate surface area is 195 Å². The lowest BCUT2D eigenvalue weighted by Gasteiger charge is -2.26. The molecular weight excluding hydrogens is 455 g/mol. The molecule has 168 valence electrons. The SMILES string of the molecule is CCOc1ccc(N2C(=O)NC(=O)/C(=C\c3cc(Cl)cc(Cl)c3OCC(C)C)C2=O)cc1. The Morgan fingerprint density at radius 2 is 1.75 bits per heavy atom. The van der Waals surface area contributed by atoms with Crippen molar-refractivity contribution in [2.24, 2.45) is 5.92 Å². The van der Waals surface area contributed by atoms with Gasteiger partial charge in [-0.1, -0.05) is 37.0 Å². The van der Waals surface area contributed by atoms with Gasteiger partial charge in [-0.05, 0) is 55.3 Å². The molecule has 4 amide bonds. The Morgan fingerprint density at radius 3 is 2.38 bits per heavy atom. The van der Waals surface area contributed by atoms with Crippen LogP contribution in [0, 0.1) is 5.92 Å². The molecule has 1 aliphatic rings. The first-order valence-corrected chi connectivity index (χ1v) is 10.7. The van der Waals surface area contributed by atoms with Gasteiger partial charge in [-0.25, -0.2) is 9.69 Å². The molecule has 0 saturated carbocycles. The fourth-order valence-corrected chi connectivity index (χ4v) is 3.56. The Hall–Kier alpha value is -3.03. The average molecular weight is 477 g/mol. The van der Waals surface area contributed by atoms with Crippen LogP contribution >= 0.6 is 23.2 Å². The fourth-order valence-electron chi connectivity index (χ4n) is 3.00. The van der Waals surface area contributed by atoms with Gasteiger partial charge in [0.05, 0.1) is 23.9 Å². The summed E-state index contributed by atoms with van der Waals surface area (Å²) < 4.78 is 11.2. The maximum absolute atomic E-state index is 13.1. The number of anilines is 1. The maximum atomic E-state index is 13.1. The van der Waals surface area contributed by atoms with Gasteiger partial charge in [0, 0.05) is 10.6 Å². The number of carbonyl (C=O) groups excluding carboxylic acids is 3. The molecule has 0 aliphatic carbocycles. The van der Waals surface area contributed by atoms with Gasteiger partial charge < -0.3 is 9.47 Å². The van der Waals surface area contributed by atoms with Crippen molar-refractivity contribution >= 4 is 52.8 Å². The number of rotatable bonds is 7. The van der Waals surface area contributed by atoms with Crippen molar-refractivity contribution in [2.75, 3.05) is 18.1 Å². The highest BCUT2D eigenvalue weighted by Crippen LogP contribution is 2.35. The fraction of sp³-hybridized carbons (Fsp3) is 0.261. The lowest BCUT2D eigenvalue weighted by Crippen LogP contribution is -2.54. The zero-order valence-corrected chi connectivity index (χ0v) is 19.3. The summed E-state index contributed by atoms with van der Waals surface area (Å²) in [7, 11) is 0. The molecule has 1 aliphatic heterocycles. The van der Waals surface area contributed by atoms with Crippen LogP contribution in [-0.2, 0) is 9.59 Å². The Morgan fingerprint density at radius 1 is 1.06 bits per heavy atom. The quantitative estimate of drug-likeness (QED) is 0.444. The van der Waals surface area contributed by atoms with Crippen LogP contribution in [0.15, 0.2) is 42.0 Å². The second kappa shape index (κ2) is 10.1. The molecule has 2 aromatic carbocycles. The number of urea groups is 1. The Balaban J connectivity index is 2.01.